The number of ether oxygens (including phenoxy) is 1. The molecule has 3 rings (SSSR count). The molecule has 4 N–H and O–H groups in total. The molecule has 0 bridgehead atoms. The maximum Gasteiger partial charge on any atom is 0.325 e. The summed E-state index contributed by atoms with van der Waals surface area (Å²) in [5.74, 6) is -2.11. The molecule has 2 aromatic carbocycles. The lowest BCUT2D eigenvalue weighted by Gasteiger charge is -2.34. The molecule has 0 aliphatic carbocycles. The maximum absolute atomic E-state index is 13.1. The van der Waals surface area contributed by atoms with Gasteiger partial charge >= 0.3 is 5.97 Å². The topological polar surface area (TPSA) is 137 Å². The standard InChI is InChI=1S/C32H41Cl3N4O6/c1-19(2)28(29(42)36-20(3)30(43)39-16-6-9-26(38-39)31(44)45-18-32(33,34)35)37-27(41)15-12-22-10-13-23(14-11-22)25-8-5-7-24(17-25)21(4)40/h5,7-8,10-11,13-14,17,19-21,26,28,38,40H,6,9,12,15-16,18H2,1-4H3,(H,36,42)(H,37,41)/t20?,21?,26-,28-/m0/s1. The van der Waals surface area contributed by atoms with Crippen molar-refractivity contribution in [3.05, 3.63) is 59.7 Å². The van der Waals surface area contributed by atoms with E-state index < -0.39 is 52.4 Å². The molecule has 13 heteroatoms. The first kappa shape index (κ1) is 36.6. The van der Waals surface area contributed by atoms with Gasteiger partial charge in [-0.1, -0.05) is 91.1 Å². The van der Waals surface area contributed by atoms with E-state index in [9.17, 15) is 24.3 Å². The highest BCUT2D eigenvalue weighted by molar-refractivity contribution is 6.67. The van der Waals surface area contributed by atoms with Crippen molar-refractivity contribution in [1.29, 1.82) is 0 Å². The highest BCUT2D eigenvalue weighted by Gasteiger charge is 2.34. The van der Waals surface area contributed by atoms with E-state index in [1.807, 2.05) is 62.4 Å². The van der Waals surface area contributed by atoms with Gasteiger partial charge < -0.3 is 20.5 Å². The number of esters is 1. The predicted molar refractivity (Wildman–Crippen MR) is 174 cm³/mol. The van der Waals surface area contributed by atoms with Crippen LogP contribution < -0.4 is 16.1 Å². The third-order valence-electron chi connectivity index (χ3n) is 7.41. The van der Waals surface area contributed by atoms with Crippen molar-refractivity contribution in [2.45, 2.75) is 81.4 Å². The van der Waals surface area contributed by atoms with Crippen molar-refractivity contribution in [2.75, 3.05) is 13.2 Å². The van der Waals surface area contributed by atoms with Crippen LogP contribution in [0.2, 0.25) is 0 Å². The summed E-state index contributed by atoms with van der Waals surface area (Å²) in [5.41, 5.74) is 6.63. The van der Waals surface area contributed by atoms with Gasteiger partial charge in [0.15, 0.2) is 0 Å². The SMILES string of the molecule is CC(NC(=O)[C@@H](NC(=O)CCc1ccc(-c2cccc(C(C)O)c2)cc1)C(C)C)C(=O)N1CCC[C@@H](C(=O)OCC(Cl)(Cl)Cl)N1. The number of carbonyl (C=O) groups is 4. The van der Waals surface area contributed by atoms with Gasteiger partial charge in [-0.15, -0.1) is 0 Å². The smallest absolute Gasteiger partial charge is 0.325 e. The highest BCUT2D eigenvalue weighted by atomic mass is 35.6. The zero-order valence-electron chi connectivity index (χ0n) is 25.8. The van der Waals surface area contributed by atoms with Crippen LogP contribution in [0.25, 0.3) is 11.1 Å². The summed E-state index contributed by atoms with van der Waals surface area (Å²) in [5, 5.41) is 16.6. The highest BCUT2D eigenvalue weighted by Crippen LogP contribution is 2.26. The number of halogens is 3. The molecule has 0 radical (unpaired) electrons. The largest absolute Gasteiger partial charge is 0.460 e. The van der Waals surface area contributed by atoms with Crippen LogP contribution >= 0.6 is 34.8 Å². The molecule has 1 fully saturated rings. The summed E-state index contributed by atoms with van der Waals surface area (Å²) in [4.78, 5) is 51.4. The van der Waals surface area contributed by atoms with E-state index in [0.717, 1.165) is 22.3 Å². The molecule has 246 valence electrons. The molecule has 0 spiro atoms. The Kier molecular flexibility index (Phi) is 13.5. The minimum atomic E-state index is -1.75. The Morgan fingerprint density at radius 3 is 2.33 bits per heavy atom. The normalized spacial score (nSPS) is 17.3. The quantitative estimate of drug-likeness (QED) is 0.192. The van der Waals surface area contributed by atoms with Crippen LogP contribution in [0.15, 0.2) is 48.5 Å². The average molecular weight is 684 g/mol. The van der Waals surface area contributed by atoms with Gasteiger partial charge in [0.25, 0.3) is 5.91 Å². The number of hydrogen-bond donors (Lipinski definition) is 4. The number of amides is 3. The van der Waals surface area contributed by atoms with Crippen molar-refractivity contribution in [2.24, 2.45) is 5.92 Å². The van der Waals surface area contributed by atoms with E-state index in [-0.39, 0.29) is 18.2 Å². The molecule has 1 aliphatic rings. The summed E-state index contributed by atoms with van der Waals surface area (Å²) in [7, 11) is 0. The van der Waals surface area contributed by atoms with Crippen LogP contribution in [0.3, 0.4) is 0 Å². The summed E-state index contributed by atoms with van der Waals surface area (Å²) in [6, 6.07) is 13.0. The van der Waals surface area contributed by atoms with Crippen LogP contribution in [0.1, 0.15) is 64.2 Å². The number of aliphatic hydroxyl groups is 1. The summed E-state index contributed by atoms with van der Waals surface area (Å²) < 4.78 is 3.27. The fourth-order valence-corrected chi connectivity index (χ4v) is 5.01. The second-order valence-corrected chi connectivity index (χ2v) is 14.1. The van der Waals surface area contributed by atoms with E-state index in [1.54, 1.807) is 6.92 Å². The first-order valence-electron chi connectivity index (χ1n) is 14.9. The van der Waals surface area contributed by atoms with Crippen molar-refractivity contribution in [3.8, 4) is 11.1 Å². The number of aryl methyl sites for hydroxylation is 1. The number of alkyl halides is 3. The van der Waals surface area contributed by atoms with Gasteiger partial charge in [0.05, 0.1) is 6.10 Å². The van der Waals surface area contributed by atoms with Crippen molar-refractivity contribution in [1.82, 2.24) is 21.1 Å². The molecule has 1 heterocycles. The van der Waals surface area contributed by atoms with Crippen molar-refractivity contribution < 1.29 is 29.0 Å². The number of hydrogen-bond acceptors (Lipinski definition) is 7. The molecule has 45 heavy (non-hydrogen) atoms. The van der Waals surface area contributed by atoms with Crippen LogP contribution in [-0.2, 0) is 30.3 Å². The summed E-state index contributed by atoms with van der Waals surface area (Å²) in [6.07, 6.45) is 1.05. The minimum Gasteiger partial charge on any atom is -0.460 e. The molecule has 2 aromatic rings. The molecular formula is C32H41Cl3N4O6. The zero-order chi connectivity index (χ0) is 33.3. The lowest BCUT2D eigenvalue weighted by Crippen LogP contribution is -2.61. The molecule has 0 saturated carbocycles. The molecule has 1 saturated heterocycles. The maximum atomic E-state index is 13.1. The second kappa shape index (κ2) is 16.6. The Hall–Kier alpha value is -2.89. The minimum absolute atomic E-state index is 0.176. The van der Waals surface area contributed by atoms with E-state index in [4.69, 9.17) is 39.5 Å². The van der Waals surface area contributed by atoms with Gasteiger partial charge in [0.2, 0.25) is 15.6 Å². The average Bonchev–Trinajstić information content (AvgIpc) is 3.00. The van der Waals surface area contributed by atoms with Gasteiger partial charge in [-0.05, 0) is 67.3 Å². The summed E-state index contributed by atoms with van der Waals surface area (Å²) >= 11 is 16.9. The molecule has 10 nitrogen and oxygen atoms in total. The molecule has 2 unspecified atom stereocenters. The molecule has 3 amide bonds. The number of benzene rings is 2. The van der Waals surface area contributed by atoms with E-state index in [1.165, 1.54) is 11.9 Å². The predicted octanol–water partition coefficient (Wildman–Crippen LogP) is 4.39. The fourth-order valence-electron chi connectivity index (χ4n) is 4.85. The van der Waals surface area contributed by atoms with Gasteiger partial charge in [-0.2, -0.15) is 0 Å². The van der Waals surface area contributed by atoms with Crippen LogP contribution in [0.5, 0.6) is 0 Å². The lowest BCUT2D eigenvalue weighted by molar-refractivity contribution is -0.152. The Morgan fingerprint density at radius 1 is 1.02 bits per heavy atom. The number of aliphatic hydroxyl groups excluding tert-OH is 1. The van der Waals surface area contributed by atoms with Gasteiger partial charge in [-0.3, -0.25) is 24.2 Å². The molecule has 4 atom stereocenters. The Labute approximate surface area is 279 Å². The third kappa shape index (κ3) is 11.4. The zero-order valence-corrected chi connectivity index (χ0v) is 28.1. The number of rotatable bonds is 12. The third-order valence-corrected chi connectivity index (χ3v) is 7.73. The van der Waals surface area contributed by atoms with E-state index in [2.05, 4.69) is 16.1 Å². The van der Waals surface area contributed by atoms with Gasteiger partial charge in [0, 0.05) is 13.0 Å². The van der Waals surface area contributed by atoms with Gasteiger partial charge in [0.1, 0.15) is 24.7 Å². The Morgan fingerprint density at radius 2 is 1.71 bits per heavy atom. The van der Waals surface area contributed by atoms with Crippen molar-refractivity contribution >= 4 is 58.5 Å². The number of nitrogens with one attached hydrogen (secondary N) is 3. The Bertz CT molecular complexity index is 1330. The Balaban J connectivity index is 1.50. The van der Waals surface area contributed by atoms with Crippen LogP contribution in [0, 0.1) is 5.92 Å². The molecule has 0 aromatic heterocycles. The van der Waals surface area contributed by atoms with Crippen molar-refractivity contribution in [3.63, 3.8) is 0 Å². The molecule has 1 aliphatic heterocycles. The van der Waals surface area contributed by atoms with E-state index in [0.29, 0.717) is 25.8 Å². The molecular weight excluding hydrogens is 643 g/mol. The number of carbonyl (C=O) groups excluding carboxylic acids is 4. The fraction of sp³-hybridized carbons (Fsp3) is 0.500. The van der Waals surface area contributed by atoms with Gasteiger partial charge in [-0.25, -0.2) is 5.43 Å². The summed E-state index contributed by atoms with van der Waals surface area (Å²) in [6.45, 7) is 6.78. The number of hydrazine groups is 1. The first-order chi connectivity index (χ1) is 21.1. The monoisotopic (exact) mass is 682 g/mol. The lowest BCUT2D eigenvalue weighted by atomic mass is 9.99. The first-order valence-corrected chi connectivity index (χ1v) is 16.1. The number of nitrogens with zero attached hydrogens (tertiary/aromatic N) is 1. The van der Waals surface area contributed by atoms with Crippen LogP contribution in [0.4, 0.5) is 0 Å². The second-order valence-electron chi connectivity index (χ2n) is 11.6. The van der Waals surface area contributed by atoms with Crippen LogP contribution in [-0.4, -0.2) is 68.9 Å². The van der Waals surface area contributed by atoms with E-state index >= 15 is 0 Å².